The van der Waals surface area contributed by atoms with Crippen molar-refractivity contribution in [3.63, 3.8) is 0 Å². The van der Waals surface area contributed by atoms with Gasteiger partial charge in [-0.15, -0.1) is 0 Å². The molecule has 1 aliphatic carbocycles. The van der Waals surface area contributed by atoms with Crippen LogP contribution >= 0.6 is 11.6 Å². The Morgan fingerprint density at radius 2 is 2.25 bits per heavy atom. The Morgan fingerprint density at radius 1 is 1.50 bits per heavy atom. The lowest BCUT2D eigenvalue weighted by atomic mass is 9.90. The maximum Gasteiger partial charge on any atom is 0.156 e. The van der Waals surface area contributed by atoms with E-state index in [9.17, 15) is 0 Å². The maximum absolute atomic E-state index is 6.18. The van der Waals surface area contributed by atoms with E-state index in [1.54, 1.807) is 10.7 Å². The van der Waals surface area contributed by atoms with Gasteiger partial charge in [-0.05, 0) is 24.3 Å². The second-order valence-corrected chi connectivity index (χ2v) is 5.37. The van der Waals surface area contributed by atoms with Gasteiger partial charge in [-0.3, -0.25) is 0 Å². The lowest BCUT2D eigenvalue weighted by molar-refractivity contribution is 0.460. The summed E-state index contributed by atoms with van der Waals surface area (Å²) in [6.07, 6.45) is 4.30. The summed E-state index contributed by atoms with van der Waals surface area (Å²) in [5.74, 6) is 0.463. The third kappa shape index (κ3) is 1.42. The Hall–Kier alpha value is -1.09. The van der Waals surface area contributed by atoms with Crippen molar-refractivity contribution in [1.82, 2.24) is 14.6 Å². The fourth-order valence-corrected chi connectivity index (χ4v) is 2.34. The van der Waals surface area contributed by atoms with Crippen LogP contribution in [0.4, 0.5) is 0 Å². The van der Waals surface area contributed by atoms with E-state index in [0.29, 0.717) is 16.5 Å². The number of rotatable bonds is 2. The Kier molecular flexibility index (Phi) is 2.02. The van der Waals surface area contributed by atoms with Gasteiger partial charge >= 0.3 is 0 Å². The van der Waals surface area contributed by atoms with Crippen molar-refractivity contribution in [2.45, 2.75) is 32.6 Å². The molecule has 1 saturated carbocycles. The zero-order chi connectivity index (χ0) is 11.3. The Morgan fingerprint density at radius 3 is 2.94 bits per heavy atom. The summed E-state index contributed by atoms with van der Waals surface area (Å²) in [7, 11) is 0. The van der Waals surface area contributed by atoms with Crippen LogP contribution in [-0.2, 0) is 0 Å². The summed E-state index contributed by atoms with van der Waals surface area (Å²) in [5.41, 5.74) is 2.34. The molecule has 84 valence electrons. The Balaban J connectivity index is 2.10. The first-order valence-electron chi connectivity index (χ1n) is 5.60. The summed E-state index contributed by atoms with van der Waals surface area (Å²) in [6.45, 7) is 4.55. The van der Waals surface area contributed by atoms with Crippen molar-refractivity contribution in [2.75, 3.05) is 0 Å². The lowest BCUT2D eigenvalue weighted by Crippen LogP contribution is -2.09. The number of aromatic nitrogens is 3. The summed E-state index contributed by atoms with van der Waals surface area (Å²) < 4.78 is 1.66. The van der Waals surface area contributed by atoms with Gasteiger partial charge in [-0.25, -0.2) is 9.50 Å². The van der Waals surface area contributed by atoms with Gasteiger partial charge in [-0.2, -0.15) is 5.10 Å². The molecule has 0 bridgehead atoms. The highest BCUT2D eigenvalue weighted by Gasteiger charge is 2.43. The van der Waals surface area contributed by atoms with Crippen LogP contribution in [0, 0.1) is 5.41 Å². The van der Waals surface area contributed by atoms with Gasteiger partial charge in [0.2, 0.25) is 0 Å². The standard InChI is InChI=1S/C12H14ClN3/c1-8(12(2)4-5-12)9-7-10(13)16-11(15-9)3-6-14-16/h3,6-8H,4-5H2,1-2H3. The number of halogens is 1. The van der Waals surface area contributed by atoms with E-state index in [2.05, 4.69) is 23.9 Å². The topological polar surface area (TPSA) is 30.2 Å². The highest BCUT2D eigenvalue weighted by molar-refractivity contribution is 6.29. The first kappa shape index (κ1) is 10.1. The van der Waals surface area contributed by atoms with Gasteiger partial charge in [0, 0.05) is 17.7 Å². The molecule has 0 amide bonds. The van der Waals surface area contributed by atoms with Crippen molar-refractivity contribution in [2.24, 2.45) is 5.41 Å². The van der Waals surface area contributed by atoms with Crippen molar-refractivity contribution >= 4 is 17.2 Å². The van der Waals surface area contributed by atoms with Gasteiger partial charge < -0.3 is 0 Å². The molecule has 2 aromatic heterocycles. The van der Waals surface area contributed by atoms with E-state index in [1.807, 2.05) is 12.1 Å². The Bertz CT molecular complexity index is 542. The third-order valence-electron chi connectivity index (χ3n) is 3.86. The molecule has 1 atom stereocenters. The van der Waals surface area contributed by atoms with E-state index in [0.717, 1.165) is 11.3 Å². The van der Waals surface area contributed by atoms with E-state index >= 15 is 0 Å². The molecule has 0 saturated heterocycles. The fraction of sp³-hybridized carbons (Fsp3) is 0.500. The number of nitrogens with zero attached hydrogens (tertiary/aromatic N) is 3. The van der Waals surface area contributed by atoms with Crippen LogP contribution in [0.25, 0.3) is 5.65 Å². The molecule has 3 nitrogen and oxygen atoms in total. The molecule has 1 fully saturated rings. The fourth-order valence-electron chi connectivity index (χ4n) is 2.10. The van der Waals surface area contributed by atoms with Crippen molar-refractivity contribution in [3.8, 4) is 0 Å². The molecule has 0 N–H and O–H groups in total. The van der Waals surface area contributed by atoms with Crippen molar-refractivity contribution in [1.29, 1.82) is 0 Å². The minimum Gasteiger partial charge on any atom is -0.233 e. The molecule has 3 rings (SSSR count). The van der Waals surface area contributed by atoms with E-state index < -0.39 is 0 Å². The average Bonchev–Trinajstić information content (AvgIpc) is 2.82. The normalized spacial score (nSPS) is 19.9. The molecule has 0 aromatic carbocycles. The van der Waals surface area contributed by atoms with Gasteiger partial charge in [0.1, 0.15) is 5.15 Å². The molecular formula is C12H14ClN3. The monoisotopic (exact) mass is 235 g/mol. The molecular weight excluding hydrogens is 222 g/mol. The highest BCUT2D eigenvalue weighted by Crippen LogP contribution is 2.55. The molecule has 0 radical (unpaired) electrons. The molecule has 1 unspecified atom stereocenters. The van der Waals surface area contributed by atoms with Crippen LogP contribution in [0.2, 0.25) is 5.15 Å². The van der Waals surface area contributed by atoms with Gasteiger partial charge in [-0.1, -0.05) is 25.4 Å². The van der Waals surface area contributed by atoms with Crippen molar-refractivity contribution < 1.29 is 0 Å². The molecule has 16 heavy (non-hydrogen) atoms. The molecule has 0 aliphatic heterocycles. The van der Waals surface area contributed by atoms with Crippen LogP contribution < -0.4 is 0 Å². The lowest BCUT2D eigenvalue weighted by Gasteiger charge is -2.18. The second-order valence-electron chi connectivity index (χ2n) is 4.98. The summed E-state index contributed by atoms with van der Waals surface area (Å²) in [6, 6.07) is 3.83. The zero-order valence-corrected chi connectivity index (χ0v) is 10.2. The highest BCUT2D eigenvalue weighted by atomic mass is 35.5. The average molecular weight is 236 g/mol. The van der Waals surface area contributed by atoms with E-state index in [1.165, 1.54) is 12.8 Å². The Labute approximate surface area is 99.4 Å². The number of fused-ring (bicyclic) bond motifs is 1. The van der Waals surface area contributed by atoms with Crippen molar-refractivity contribution in [3.05, 3.63) is 29.2 Å². The minimum absolute atomic E-state index is 0.425. The first-order valence-corrected chi connectivity index (χ1v) is 5.98. The predicted octanol–water partition coefficient (Wildman–Crippen LogP) is 3.29. The zero-order valence-electron chi connectivity index (χ0n) is 9.44. The van der Waals surface area contributed by atoms with Crippen LogP contribution in [0.1, 0.15) is 38.3 Å². The smallest absolute Gasteiger partial charge is 0.156 e. The molecule has 2 heterocycles. The van der Waals surface area contributed by atoms with Gasteiger partial charge in [0.15, 0.2) is 5.65 Å². The SMILES string of the molecule is CC(c1cc(Cl)n2nccc2n1)C1(C)CC1. The summed E-state index contributed by atoms with van der Waals surface area (Å²) >= 11 is 6.18. The molecule has 4 heteroatoms. The molecule has 2 aromatic rings. The number of hydrogen-bond acceptors (Lipinski definition) is 2. The van der Waals surface area contributed by atoms with E-state index in [-0.39, 0.29) is 0 Å². The first-order chi connectivity index (χ1) is 7.60. The molecule has 1 aliphatic rings. The second kappa shape index (κ2) is 3.20. The largest absolute Gasteiger partial charge is 0.233 e. The minimum atomic E-state index is 0.425. The third-order valence-corrected chi connectivity index (χ3v) is 4.13. The van der Waals surface area contributed by atoms with Crippen LogP contribution in [0.15, 0.2) is 18.3 Å². The summed E-state index contributed by atoms with van der Waals surface area (Å²) in [4.78, 5) is 4.62. The predicted molar refractivity (Wildman–Crippen MR) is 63.8 cm³/mol. The van der Waals surface area contributed by atoms with Gasteiger partial charge in [0.25, 0.3) is 0 Å². The number of hydrogen-bond donors (Lipinski definition) is 0. The maximum atomic E-state index is 6.18. The van der Waals surface area contributed by atoms with Crippen LogP contribution in [0.5, 0.6) is 0 Å². The van der Waals surface area contributed by atoms with Crippen LogP contribution in [-0.4, -0.2) is 14.6 Å². The quantitative estimate of drug-likeness (QED) is 0.748. The van der Waals surface area contributed by atoms with E-state index in [4.69, 9.17) is 11.6 Å². The summed E-state index contributed by atoms with van der Waals surface area (Å²) in [5, 5.41) is 4.76. The van der Waals surface area contributed by atoms with Crippen LogP contribution in [0.3, 0.4) is 0 Å². The van der Waals surface area contributed by atoms with Gasteiger partial charge in [0.05, 0.1) is 6.20 Å². The molecule has 0 spiro atoms.